The molecule has 1 fully saturated rings. The monoisotopic (exact) mass is 401 g/mol. The van der Waals surface area contributed by atoms with Crippen molar-refractivity contribution in [3.8, 4) is 6.07 Å². The van der Waals surface area contributed by atoms with E-state index in [1.54, 1.807) is 31.2 Å². The number of amides is 3. The summed E-state index contributed by atoms with van der Waals surface area (Å²) in [4.78, 5) is 38.6. The predicted molar refractivity (Wildman–Crippen MR) is 99.5 cm³/mol. The summed E-state index contributed by atoms with van der Waals surface area (Å²) in [7, 11) is 0. The standard InChI is InChI=1S/C19H13Cl2N3O3/c1-19(12-4-2-11(9-22)3-5-12)17(26)24(18(27)23-19)10-16(25)14-8-13(20)6-7-15(14)21/h2-8H,10H2,1H3,(H,23,27). The number of carbonyl (C=O) groups excluding carboxylic acids is 3. The van der Waals surface area contributed by atoms with E-state index >= 15 is 0 Å². The van der Waals surface area contributed by atoms with E-state index < -0.39 is 29.8 Å². The molecule has 0 bridgehead atoms. The van der Waals surface area contributed by atoms with Crippen molar-refractivity contribution in [2.45, 2.75) is 12.5 Å². The van der Waals surface area contributed by atoms with Crippen molar-refractivity contribution in [1.29, 1.82) is 5.26 Å². The van der Waals surface area contributed by atoms with E-state index in [-0.39, 0.29) is 10.6 Å². The number of nitriles is 1. The summed E-state index contributed by atoms with van der Waals surface area (Å²) in [5.74, 6) is -1.07. The number of nitrogens with zero attached hydrogens (tertiary/aromatic N) is 2. The van der Waals surface area contributed by atoms with Crippen molar-refractivity contribution in [2.24, 2.45) is 0 Å². The molecule has 1 heterocycles. The van der Waals surface area contributed by atoms with Gasteiger partial charge in [-0.2, -0.15) is 5.26 Å². The molecule has 1 N–H and O–H groups in total. The quantitative estimate of drug-likeness (QED) is 0.626. The molecular weight excluding hydrogens is 389 g/mol. The minimum Gasteiger partial charge on any atom is -0.319 e. The number of hydrogen-bond donors (Lipinski definition) is 1. The maximum atomic E-state index is 12.9. The van der Waals surface area contributed by atoms with Crippen LogP contribution in [0.2, 0.25) is 10.0 Å². The normalized spacial score (nSPS) is 19.0. The lowest BCUT2D eigenvalue weighted by atomic mass is 9.91. The van der Waals surface area contributed by atoms with Crippen LogP contribution in [0, 0.1) is 11.3 Å². The zero-order chi connectivity index (χ0) is 19.8. The van der Waals surface area contributed by atoms with Crippen LogP contribution >= 0.6 is 23.2 Å². The van der Waals surface area contributed by atoms with Crippen molar-refractivity contribution in [3.05, 3.63) is 69.2 Å². The SMILES string of the molecule is CC1(c2ccc(C#N)cc2)NC(=O)N(CC(=O)c2cc(Cl)ccc2Cl)C1=O. The van der Waals surface area contributed by atoms with Crippen molar-refractivity contribution < 1.29 is 14.4 Å². The molecule has 0 saturated carbocycles. The van der Waals surface area contributed by atoms with E-state index in [1.807, 2.05) is 6.07 Å². The number of ketones is 1. The van der Waals surface area contributed by atoms with Gasteiger partial charge in [0.1, 0.15) is 5.54 Å². The Kier molecular flexibility index (Phi) is 4.92. The molecule has 2 aromatic rings. The van der Waals surface area contributed by atoms with Crippen molar-refractivity contribution in [1.82, 2.24) is 10.2 Å². The van der Waals surface area contributed by atoms with Gasteiger partial charge in [-0.3, -0.25) is 14.5 Å². The van der Waals surface area contributed by atoms with Gasteiger partial charge in [0.2, 0.25) is 0 Å². The minimum absolute atomic E-state index is 0.136. The number of Topliss-reactive ketones (excluding diaryl/α,β-unsaturated/α-hetero) is 1. The lowest BCUT2D eigenvalue weighted by molar-refractivity contribution is -0.130. The molecule has 1 saturated heterocycles. The van der Waals surface area contributed by atoms with E-state index in [1.165, 1.54) is 18.2 Å². The van der Waals surface area contributed by atoms with Gasteiger partial charge in [-0.05, 0) is 42.8 Å². The zero-order valence-electron chi connectivity index (χ0n) is 14.1. The molecule has 6 nitrogen and oxygen atoms in total. The Morgan fingerprint density at radius 2 is 1.85 bits per heavy atom. The summed E-state index contributed by atoms with van der Waals surface area (Å²) in [6, 6.07) is 12.0. The second-order valence-corrected chi connectivity index (χ2v) is 7.03. The van der Waals surface area contributed by atoms with Crippen LogP contribution in [0.4, 0.5) is 4.79 Å². The summed E-state index contributed by atoms with van der Waals surface area (Å²) >= 11 is 11.9. The molecule has 0 spiro atoms. The second-order valence-electron chi connectivity index (χ2n) is 6.18. The fourth-order valence-electron chi connectivity index (χ4n) is 2.85. The Morgan fingerprint density at radius 1 is 1.19 bits per heavy atom. The van der Waals surface area contributed by atoms with Crippen LogP contribution in [-0.2, 0) is 10.3 Å². The summed E-state index contributed by atoms with van der Waals surface area (Å²) in [5, 5.41) is 12.0. The Bertz CT molecular complexity index is 998. The number of urea groups is 1. The van der Waals surface area contributed by atoms with Crippen LogP contribution < -0.4 is 5.32 Å². The topological polar surface area (TPSA) is 90.3 Å². The first-order chi connectivity index (χ1) is 12.8. The third-order valence-corrected chi connectivity index (χ3v) is 4.96. The highest BCUT2D eigenvalue weighted by molar-refractivity contribution is 6.36. The first kappa shape index (κ1) is 18.9. The number of hydrogen-bond acceptors (Lipinski definition) is 4. The average Bonchev–Trinajstić information content (AvgIpc) is 2.87. The lowest BCUT2D eigenvalue weighted by Gasteiger charge is -2.22. The molecular formula is C19H13Cl2N3O3. The smallest absolute Gasteiger partial charge is 0.319 e. The number of carbonyl (C=O) groups is 3. The molecule has 0 aromatic heterocycles. The van der Waals surface area contributed by atoms with Crippen LogP contribution in [-0.4, -0.2) is 29.2 Å². The molecule has 1 aliphatic heterocycles. The van der Waals surface area contributed by atoms with Crippen LogP contribution in [0.5, 0.6) is 0 Å². The molecule has 1 unspecified atom stereocenters. The molecule has 0 radical (unpaired) electrons. The van der Waals surface area contributed by atoms with Gasteiger partial charge in [-0.25, -0.2) is 4.79 Å². The van der Waals surface area contributed by atoms with Crippen molar-refractivity contribution >= 4 is 40.9 Å². The van der Waals surface area contributed by atoms with Gasteiger partial charge in [-0.1, -0.05) is 35.3 Å². The summed E-state index contributed by atoms with van der Waals surface area (Å²) in [6.45, 7) is 1.09. The van der Waals surface area contributed by atoms with Gasteiger partial charge in [0.05, 0.1) is 23.2 Å². The number of imide groups is 1. The Labute approximate surface area is 165 Å². The lowest BCUT2D eigenvalue weighted by Crippen LogP contribution is -2.41. The highest BCUT2D eigenvalue weighted by Gasteiger charge is 2.49. The second kappa shape index (κ2) is 7.03. The van der Waals surface area contributed by atoms with E-state index in [2.05, 4.69) is 5.32 Å². The number of rotatable bonds is 4. The predicted octanol–water partition coefficient (Wildman–Crippen LogP) is 3.51. The van der Waals surface area contributed by atoms with Crippen LogP contribution in [0.25, 0.3) is 0 Å². The third-order valence-electron chi connectivity index (χ3n) is 4.40. The molecule has 0 aliphatic carbocycles. The van der Waals surface area contributed by atoms with Gasteiger partial charge < -0.3 is 5.32 Å². The van der Waals surface area contributed by atoms with Crippen molar-refractivity contribution in [2.75, 3.05) is 6.54 Å². The zero-order valence-corrected chi connectivity index (χ0v) is 15.6. The Balaban J connectivity index is 1.86. The number of halogens is 2. The van der Waals surface area contributed by atoms with E-state index in [0.29, 0.717) is 16.1 Å². The first-order valence-electron chi connectivity index (χ1n) is 7.89. The summed E-state index contributed by atoms with van der Waals surface area (Å²) in [6.07, 6.45) is 0. The molecule has 136 valence electrons. The first-order valence-corrected chi connectivity index (χ1v) is 8.65. The number of benzene rings is 2. The molecule has 1 atom stereocenters. The summed E-state index contributed by atoms with van der Waals surface area (Å²) < 4.78 is 0. The molecule has 1 aliphatic rings. The third kappa shape index (κ3) is 3.39. The molecule has 8 heteroatoms. The van der Waals surface area contributed by atoms with E-state index in [9.17, 15) is 14.4 Å². The highest BCUT2D eigenvalue weighted by Crippen LogP contribution is 2.30. The van der Waals surface area contributed by atoms with Crippen LogP contribution in [0.15, 0.2) is 42.5 Å². The summed E-state index contributed by atoms with van der Waals surface area (Å²) in [5.41, 5.74) is -0.252. The van der Waals surface area contributed by atoms with Gasteiger partial charge in [0.25, 0.3) is 5.91 Å². The van der Waals surface area contributed by atoms with Crippen LogP contribution in [0.1, 0.15) is 28.4 Å². The maximum Gasteiger partial charge on any atom is 0.325 e. The molecule has 3 amide bonds. The largest absolute Gasteiger partial charge is 0.325 e. The fourth-order valence-corrected chi connectivity index (χ4v) is 3.25. The van der Waals surface area contributed by atoms with Gasteiger partial charge in [0, 0.05) is 10.6 Å². The maximum absolute atomic E-state index is 12.9. The molecule has 2 aromatic carbocycles. The molecule has 27 heavy (non-hydrogen) atoms. The van der Waals surface area contributed by atoms with E-state index in [4.69, 9.17) is 28.5 Å². The highest BCUT2D eigenvalue weighted by atomic mass is 35.5. The fraction of sp³-hybridized carbons (Fsp3) is 0.158. The minimum atomic E-state index is -1.33. The van der Waals surface area contributed by atoms with Gasteiger partial charge in [0.15, 0.2) is 5.78 Å². The Hall–Kier alpha value is -2.88. The van der Waals surface area contributed by atoms with Gasteiger partial charge in [-0.15, -0.1) is 0 Å². The average molecular weight is 402 g/mol. The van der Waals surface area contributed by atoms with Gasteiger partial charge >= 0.3 is 6.03 Å². The molecule has 3 rings (SSSR count). The van der Waals surface area contributed by atoms with Crippen molar-refractivity contribution in [3.63, 3.8) is 0 Å². The van der Waals surface area contributed by atoms with Crippen LogP contribution in [0.3, 0.4) is 0 Å². The Morgan fingerprint density at radius 3 is 2.48 bits per heavy atom. The number of nitrogens with one attached hydrogen (secondary N) is 1. The van der Waals surface area contributed by atoms with E-state index in [0.717, 1.165) is 4.90 Å².